The van der Waals surface area contributed by atoms with Gasteiger partial charge < -0.3 is 15.1 Å². The number of benzene rings is 2. The van der Waals surface area contributed by atoms with Crippen LogP contribution in [0.3, 0.4) is 0 Å². The Morgan fingerprint density at radius 3 is 2.41 bits per heavy atom. The average Bonchev–Trinajstić information content (AvgIpc) is 3.53. The van der Waals surface area contributed by atoms with Gasteiger partial charge in [0.25, 0.3) is 5.56 Å². The number of nitrogens with zero attached hydrogens (tertiary/aromatic N) is 4. The van der Waals surface area contributed by atoms with E-state index in [9.17, 15) is 14.4 Å². The number of rotatable bonds is 7. The number of nitrogens with one attached hydrogen (secondary N) is 1. The van der Waals surface area contributed by atoms with Crippen molar-refractivity contribution in [2.75, 3.05) is 31.1 Å². The van der Waals surface area contributed by atoms with Crippen molar-refractivity contribution in [2.24, 2.45) is 5.92 Å². The maximum atomic E-state index is 13.0. The number of anilines is 1. The van der Waals surface area contributed by atoms with Gasteiger partial charge in [0.05, 0.1) is 30.1 Å². The largest absolute Gasteiger partial charge is 0.350 e. The van der Waals surface area contributed by atoms with Gasteiger partial charge in [0.1, 0.15) is 0 Å². The number of para-hydroxylation sites is 1. The smallest absolute Gasteiger partial charge is 0.274 e. The van der Waals surface area contributed by atoms with Crippen LogP contribution < -0.4 is 15.8 Å². The van der Waals surface area contributed by atoms with Crippen LogP contribution in [0.5, 0.6) is 0 Å². The van der Waals surface area contributed by atoms with Crippen molar-refractivity contribution in [1.82, 2.24) is 20.0 Å². The van der Waals surface area contributed by atoms with E-state index in [2.05, 4.69) is 15.3 Å². The average molecular weight is 460 g/mol. The molecule has 2 fully saturated rings. The molecule has 2 amide bonds. The fourth-order valence-electron chi connectivity index (χ4n) is 4.89. The molecule has 3 aromatic rings. The minimum absolute atomic E-state index is 0.0506. The van der Waals surface area contributed by atoms with Crippen LogP contribution in [-0.4, -0.2) is 52.7 Å². The van der Waals surface area contributed by atoms with Crippen molar-refractivity contribution in [3.05, 3.63) is 70.6 Å². The van der Waals surface area contributed by atoms with Crippen LogP contribution in [0.1, 0.15) is 25.0 Å². The first-order valence-corrected chi connectivity index (χ1v) is 11.9. The summed E-state index contributed by atoms with van der Waals surface area (Å²) in [5.74, 6) is -0.641. The third-order valence-corrected chi connectivity index (χ3v) is 6.76. The van der Waals surface area contributed by atoms with Crippen molar-refractivity contribution in [2.45, 2.75) is 32.4 Å². The summed E-state index contributed by atoms with van der Waals surface area (Å²) < 4.78 is 1.53. The molecule has 2 saturated heterocycles. The molecule has 5 rings (SSSR count). The van der Waals surface area contributed by atoms with Gasteiger partial charge in [-0.2, -0.15) is 5.10 Å². The molecule has 176 valence electrons. The van der Waals surface area contributed by atoms with Gasteiger partial charge >= 0.3 is 0 Å². The molecule has 2 aliphatic rings. The summed E-state index contributed by atoms with van der Waals surface area (Å²) in [5, 5.41) is 8.94. The molecular weight excluding hydrogens is 430 g/mol. The number of likely N-dealkylation sites (tertiary alicyclic amines) is 1. The number of fused-ring (bicyclic) bond motifs is 1. The molecule has 8 heteroatoms. The molecule has 1 N–H and O–H groups in total. The number of aromatic nitrogens is 2. The van der Waals surface area contributed by atoms with Gasteiger partial charge in [-0.05, 0) is 44.1 Å². The van der Waals surface area contributed by atoms with E-state index in [4.69, 9.17) is 0 Å². The van der Waals surface area contributed by atoms with Crippen molar-refractivity contribution >= 4 is 28.3 Å². The molecule has 2 aromatic carbocycles. The second-order valence-electron chi connectivity index (χ2n) is 9.03. The quantitative estimate of drug-likeness (QED) is 0.585. The highest BCUT2D eigenvalue weighted by Gasteiger charge is 2.35. The van der Waals surface area contributed by atoms with Gasteiger partial charge in [0.2, 0.25) is 11.8 Å². The number of hydrogen-bond acceptors (Lipinski definition) is 5. The first-order chi connectivity index (χ1) is 16.6. The third-order valence-electron chi connectivity index (χ3n) is 6.76. The van der Waals surface area contributed by atoms with Crippen LogP contribution in [0, 0.1) is 5.92 Å². The molecule has 2 aliphatic heterocycles. The molecule has 34 heavy (non-hydrogen) atoms. The lowest BCUT2D eigenvalue weighted by atomic mass is 10.1. The Morgan fingerprint density at radius 1 is 0.941 bits per heavy atom. The van der Waals surface area contributed by atoms with E-state index in [1.165, 1.54) is 17.5 Å². The Labute approximate surface area is 198 Å². The zero-order valence-electron chi connectivity index (χ0n) is 19.2. The summed E-state index contributed by atoms with van der Waals surface area (Å²) in [6, 6.07) is 16.8. The highest BCUT2D eigenvalue weighted by molar-refractivity contribution is 6.00. The Morgan fingerprint density at radius 2 is 1.65 bits per heavy atom. The standard InChI is InChI=1S/C26H29N5O3/c32-24-16-19(18-30(24)20-8-2-1-3-9-20)25(33)27-17-23-21-10-4-5-11-22(21)26(34)31(28-23)15-14-29-12-6-7-13-29/h1-5,8-11,19H,6-7,12-18H2,(H,27,33). The third kappa shape index (κ3) is 4.59. The van der Waals surface area contributed by atoms with E-state index in [0.717, 1.165) is 30.7 Å². The molecule has 1 unspecified atom stereocenters. The lowest BCUT2D eigenvalue weighted by Crippen LogP contribution is -2.35. The van der Waals surface area contributed by atoms with E-state index in [1.54, 1.807) is 4.90 Å². The minimum Gasteiger partial charge on any atom is -0.350 e. The lowest BCUT2D eigenvalue weighted by Gasteiger charge is -2.17. The van der Waals surface area contributed by atoms with Crippen molar-refractivity contribution in [1.29, 1.82) is 0 Å². The van der Waals surface area contributed by atoms with Gasteiger partial charge in [-0.25, -0.2) is 4.68 Å². The Hall–Kier alpha value is -3.52. The summed E-state index contributed by atoms with van der Waals surface area (Å²) in [6.45, 7) is 4.00. The Kier molecular flexibility index (Phi) is 6.40. The highest BCUT2D eigenvalue weighted by atomic mass is 16.2. The van der Waals surface area contributed by atoms with E-state index < -0.39 is 5.92 Å². The van der Waals surface area contributed by atoms with E-state index in [0.29, 0.717) is 24.2 Å². The van der Waals surface area contributed by atoms with E-state index in [1.807, 2.05) is 54.6 Å². The van der Waals surface area contributed by atoms with Gasteiger partial charge in [0, 0.05) is 30.6 Å². The molecule has 3 heterocycles. The zero-order chi connectivity index (χ0) is 23.5. The van der Waals surface area contributed by atoms with Gasteiger partial charge in [0.15, 0.2) is 0 Å². The van der Waals surface area contributed by atoms with Crippen LogP contribution >= 0.6 is 0 Å². The fraction of sp³-hybridized carbons (Fsp3) is 0.385. The molecule has 1 atom stereocenters. The monoisotopic (exact) mass is 459 g/mol. The number of hydrogen-bond donors (Lipinski definition) is 1. The molecule has 0 spiro atoms. The minimum atomic E-state index is -0.417. The summed E-state index contributed by atoms with van der Waals surface area (Å²) in [6.07, 6.45) is 2.58. The summed E-state index contributed by atoms with van der Waals surface area (Å²) in [7, 11) is 0. The maximum absolute atomic E-state index is 13.0. The van der Waals surface area contributed by atoms with Crippen molar-refractivity contribution < 1.29 is 9.59 Å². The fourth-order valence-corrected chi connectivity index (χ4v) is 4.89. The van der Waals surface area contributed by atoms with Crippen LogP contribution in [-0.2, 0) is 22.7 Å². The Balaban J connectivity index is 1.30. The molecule has 0 bridgehead atoms. The molecule has 8 nitrogen and oxygen atoms in total. The topological polar surface area (TPSA) is 87.5 Å². The van der Waals surface area contributed by atoms with E-state index >= 15 is 0 Å². The molecule has 1 aromatic heterocycles. The second-order valence-corrected chi connectivity index (χ2v) is 9.03. The normalized spacial score (nSPS) is 18.6. The van der Waals surface area contributed by atoms with Gasteiger partial charge in [-0.15, -0.1) is 0 Å². The van der Waals surface area contributed by atoms with Crippen LogP contribution in [0.2, 0.25) is 0 Å². The first kappa shape index (κ1) is 22.3. The number of amides is 2. The van der Waals surface area contributed by atoms with E-state index in [-0.39, 0.29) is 30.3 Å². The van der Waals surface area contributed by atoms with Gasteiger partial charge in [-0.1, -0.05) is 36.4 Å². The second kappa shape index (κ2) is 9.77. The zero-order valence-corrected chi connectivity index (χ0v) is 19.2. The van der Waals surface area contributed by atoms with Gasteiger partial charge in [-0.3, -0.25) is 14.4 Å². The predicted octanol–water partition coefficient (Wildman–Crippen LogP) is 2.16. The summed E-state index contributed by atoms with van der Waals surface area (Å²) >= 11 is 0. The number of carbonyl (C=O) groups is 2. The molecule has 0 radical (unpaired) electrons. The van der Waals surface area contributed by atoms with Crippen LogP contribution in [0.4, 0.5) is 5.69 Å². The lowest BCUT2D eigenvalue weighted by molar-refractivity contribution is -0.126. The SMILES string of the molecule is O=C(NCc1nn(CCN2CCCC2)c(=O)c2ccccc12)C1CC(=O)N(c2ccccc2)C1. The highest BCUT2D eigenvalue weighted by Crippen LogP contribution is 2.25. The molecule has 0 aliphatic carbocycles. The maximum Gasteiger partial charge on any atom is 0.274 e. The molecule has 0 saturated carbocycles. The van der Waals surface area contributed by atoms with Crippen molar-refractivity contribution in [3.8, 4) is 0 Å². The summed E-state index contributed by atoms with van der Waals surface area (Å²) in [5.41, 5.74) is 1.36. The first-order valence-electron chi connectivity index (χ1n) is 11.9. The Bertz CT molecular complexity index is 1250. The van der Waals surface area contributed by atoms with Crippen LogP contribution in [0.25, 0.3) is 10.8 Å². The molecular formula is C26H29N5O3. The van der Waals surface area contributed by atoms with Crippen molar-refractivity contribution in [3.63, 3.8) is 0 Å². The van der Waals surface area contributed by atoms with Crippen LogP contribution in [0.15, 0.2) is 59.4 Å². The summed E-state index contributed by atoms with van der Waals surface area (Å²) in [4.78, 5) is 42.4. The number of carbonyl (C=O) groups excluding carboxylic acids is 2. The predicted molar refractivity (Wildman–Crippen MR) is 130 cm³/mol.